The largest absolute Gasteiger partial charge is 0.459 e. The molecule has 1 fully saturated rings. The third-order valence-corrected chi connectivity index (χ3v) is 9.20. The quantitative estimate of drug-likeness (QED) is 0.0630. The summed E-state index contributed by atoms with van der Waals surface area (Å²) in [5, 5.41) is 24.8. The van der Waals surface area contributed by atoms with Gasteiger partial charge < -0.3 is 19.7 Å². The molecule has 1 aliphatic rings. The average molecular weight is 720 g/mol. The number of ether oxygens (including phenoxy) is 2. The molecule has 0 saturated carbocycles. The molecular formula is C29H26ClN5O11S2. The van der Waals surface area contributed by atoms with Gasteiger partial charge in [-0.05, 0) is 76.1 Å². The topological polar surface area (TPSA) is 209 Å². The predicted molar refractivity (Wildman–Crippen MR) is 173 cm³/mol. The van der Waals surface area contributed by atoms with Crippen molar-refractivity contribution in [2.45, 2.75) is 37.6 Å². The van der Waals surface area contributed by atoms with E-state index in [1.54, 1.807) is 17.5 Å². The molecule has 19 heteroatoms. The summed E-state index contributed by atoms with van der Waals surface area (Å²) in [7, 11) is 3.62. The summed E-state index contributed by atoms with van der Waals surface area (Å²) in [6.07, 6.45) is -0.928. The van der Waals surface area contributed by atoms with E-state index >= 15 is 0 Å². The number of nitro benzene ring substituents is 2. The Morgan fingerprint density at radius 2 is 1.56 bits per heavy atom. The minimum atomic E-state index is -2.30. The number of nitrogens with one attached hydrogen (secondary N) is 1. The number of amides is 3. The van der Waals surface area contributed by atoms with Crippen molar-refractivity contribution in [2.75, 3.05) is 11.4 Å². The highest BCUT2D eigenvalue weighted by molar-refractivity contribution is 8.08. The normalized spacial score (nSPS) is 16.5. The maximum absolute atomic E-state index is 13.3. The summed E-state index contributed by atoms with van der Waals surface area (Å²) < 4.78 is 23.2. The highest BCUT2D eigenvalue weighted by Crippen LogP contribution is 2.31. The minimum Gasteiger partial charge on any atom is -0.459 e. The molecule has 3 amide bonds. The molecule has 3 aromatic rings. The van der Waals surface area contributed by atoms with E-state index in [-0.39, 0.29) is 30.2 Å². The number of thiophene rings is 1. The molecule has 48 heavy (non-hydrogen) atoms. The van der Waals surface area contributed by atoms with Crippen LogP contribution in [-0.2, 0) is 47.1 Å². The molecule has 1 aromatic heterocycles. The Morgan fingerprint density at radius 3 is 2.02 bits per heavy atom. The van der Waals surface area contributed by atoms with Crippen LogP contribution in [0.4, 0.5) is 21.2 Å². The summed E-state index contributed by atoms with van der Waals surface area (Å²) in [5.41, 5.74) is 0.725. The second-order valence-electron chi connectivity index (χ2n) is 10.2. The van der Waals surface area contributed by atoms with Gasteiger partial charge in [-0.1, -0.05) is 6.58 Å². The van der Waals surface area contributed by atoms with E-state index in [0.717, 1.165) is 21.1 Å². The van der Waals surface area contributed by atoms with Gasteiger partial charge in [0.1, 0.15) is 40.8 Å². The number of carbonyl (C=O) groups is 4. The van der Waals surface area contributed by atoms with Crippen LogP contribution >= 0.6 is 22.0 Å². The highest BCUT2D eigenvalue weighted by Gasteiger charge is 2.56. The lowest BCUT2D eigenvalue weighted by molar-refractivity contribution is -0.385. The fourth-order valence-electron chi connectivity index (χ4n) is 4.54. The first-order chi connectivity index (χ1) is 22.8. The van der Waals surface area contributed by atoms with Crippen molar-refractivity contribution in [3.63, 3.8) is 0 Å². The number of carbonyl (C=O) groups excluding carboxylic acids is 4. The van der Waals surface area contributed by atoms with Crippen LogP contribution in [0.15, 0.2) is 78.2 Å². The Kier molecular flexibility index (Phi) is 11.6. The third-order valence-electron chi connectivity index (χ3n) is 6.89. The van der Waals surface area contributed by atoms with Crippen LogP contribution in [-0.4, -0.2) is 66.8 Å². The average Bonchev–Trinajstić information content (AvgIpc) is 3.59. The lowest BCUT2D eigenvalue weighted by Gasteiger charge is -2.48. The van der Waals surface area contributed by atoms with Crippen LogP contribution in [0, 0.1) is 20.2 Å². The molecule has 0 spiro atoms. The summed E-state index contributed by atoms with van der Waals surface area (Å²) >= 11 is 1.12. The van der Waals surface area contributed by atoms with Crippen molar-refractivity contribution in [3.05, 3.63) is 110 Å². The standard InChI is InChI=1S/C29H26ClN5O11S2/c1-17(2)25(28(38)45-15-18-5-9-20(10-6-18)34(40)41)33-26(37)24(27(33)48(30)44)31-22(36)14-32(23-4-3-13-47-23)29(39)46-16-19-7-11-21(12-8-19)35(42)43/h3-13,24-25,27H,1,14-16H2,2H3,(H,31,36). The summed E-state index contributed by atoms with van der Waals surface area (Å²) in [6.45, 7) is 4.00. The Balaban J connectivity index is 1.41. The van der Waals surface area contributed by atoms with Gasteiger partial charge in [-0.15, -0.1) is 11.3 Å². The number of benzene rings is 2. The van der Waals surface area contributed by atoms with Gasteiger partial charge in [0, 0.05) is 24.3 Å². The molecule has 4 atom stereocenters. The van der Waals surface area contributed by atoms with E-state index in [1.807, 2.05) is 0 Å². The van der Waals surface area contributed by atoms with Crippen molar-refractivity contribution in [3.8, 4) is 0 Å². The smallest absolute Gasteiger partial charge is 0.415 e. The Labute approximate surface area is 283 Å². The number of nitrogens with zero attached hydrogens (tertiary/aromatic N) is 4. The first-order valence-corrected chi connectivity index (χ1v) is 16.6. The number of anilines is 1. The first kappa shape index (κ1) is 35.7. The minimum absolute atomic E-state index is 0.143. The number of esters is 1. The second-order valence-corrected chi connectivity index (χ2v) is 13.0. The third kappa shape index (κ3) is 8.38. The number of non-ortho nitro benzene ring substituents is 2. The molecule has 1 saturated heterocycles. The molecule has 1 N–H and O–H groups in total. The number of likely N-dealkylation sites (tertiary alicyclic amines) is 1. The lowest BCUT2D eigenvalue weighted by Crippen LogP contribution is -2.75. The van der Waals surface area contributed by atoms with E-state index in [2.05, 4.69) is 11.9 Å². The van der Waals surface area contributed by atoms with Crippen molar-refractivity contribution < 1.29 is 42.7 Å². The van der Waals surface area contributed by atoms with Gasteiger partial charge >= 0.3 is 12.1 Å². The molecule has 1 aliphatic heterocycles. The lowest BCUT2D eigenvalue weighted by atomic mass is 9.99. The van der Waals surface area contributed by atoms with Gasteiger partial charge in [0.25, 0.3) is 11.4 Å². The Morgan fingerprint density at radius 1 is 1.02 bits per heavy atom. The van der Waals surface area contributed by atoms with Gasteiger partial charge in [-0.25, -0.2) is 13.8 Å². The zero-order valence-electron chi connectivity index (χ0n) is 24.9. The number of nitro groups is 2. The van der Waals surface area contributed by atoms with Gasteiger partial charge in [0.15, 0.2) is 11.4 Å². The molecule has 2 heterocycles. The van der Waals surface area contributed by atoms with Crippen LogP contribution in [0.2, 0.25) is 0 Å². The van der Waals surface area contributed by atoms with E-state index in [9.17, 15) is 43.6 Å². The molecule has 0 radical (unpaired) electrons. The molecule has 0 bridgehead atoms. The summed E-state index contributed by atoms with van der Waals surface area (Å²) in [5.74, 6) is -2.59. The number of hydrogen-bond donors (Lipinski definition) is 1. The fourth-order valence-corrected chi connectivity index (χ4v) is 6.63. The zero-order valence-corrected chi connectivity index (χ0v) is 27.3. The second kappa shape index (κ2) is 15.6. The number of β-lactam (4-membered cyclic amide) rings is 1. The molecule has 16 nitrogen and oxygen atoms in total. The SMILES string of the molecule is C=C(C)C(C(=O)OCc1ccc([N+](=O)[O-])cc1)N1C(=O)C(NC(=O)CN(C(=O)OCc2ccc([N+](=O)[O-])cc2)c2cccs2)C1S(=O)Cl. The molecule has 0 aliphatic carbocycles. The number of rotatable bonds is 14. The number of hydrogen-bond acceptors (Lipinski definition) is 12. The first-order valence-electron chi connectivity index (χ1n) is 13.7. The van der Waals surface area contributed by atoms with Crippen molar-refractivity contribution in [1.82, 2.24) is 10.2 Å². The van der Waals surface area contributed by atoms with Crippen LogP contribution in [0.3, 0.4) is 0 Å². The van der Waals surface area contributed by atoms with Crippen molar-refractivity contribution in [2.24, 2.45) is 0 Å². The van der Waals surface area contributed by atoms with Crippen LogP contribution in [0.25, 0.3) is 0 Å². The van der Waals surface area contributed by atoms with Crippen LogP contribution in [0.1, 0.15) is 18.1 Å². The molecular weight excluding hydrogens is 694 g/mol. The molecule has 252 valence electrons. The Hall–Kier alpha value is -5.20. The van der Waals surface area contributed by atoms with Gasteiger partial charge in [-0.2, -0.15) is 0 Å². The van der Waals surface area contributed by atoms with Crippen LogP contribution < -0.4 is 10.2 Å². The maximum Gasteiger partial charge on any atom is 0.415 e. The van der Waals surface area contributed by atoms with Gasteiger partial charge in [-0.3, -0.25) is 34.7 Å². The highest BCUT2D eigenvalue weighted by atomic mass is 35.7. The number of halogens is 1. The van der Waals surface area contributed by atoms with E-state index in [0.29, 0.717) is 16.1 Å². The monoisotopic (exact) mass is 719 g/mol. The van der Waals surface area contributed by atoms with E-state index < -0.39 is 67.7 Å². The zero-order chi connectivity index (χ0) is 35.1. The Bertz CT molecular complexity index is 1750. The maximum atomic E-state index is 13.3. The van der Waals surface area contributed by atoms with Gasteiger partial charge in [0.2, 0.25) is 11.8 Å². The van der Waals surface area contributed by atoms with Gasteiger partial charge in [0.05, 0.1) is 9.85 Å². The van der Waals surface area contributed by atoms with Crippen LogP contribution in [0.5, 0.6) is 0 Å². The van der Waals surface area contributed by atoms with Crippen molar-refractivity contribution in [1.29, 1.82) is 0 Å². The van der Waals surface area contributed by atoms with E-state index in [4.69, 9.17) is 20.2 Å². The predicted octanol–water partition coefficient (Wildman–Crippen LogP) is 3.95. The molecule has 4 rings (SSSR count). The van der Waals surface area contributed by atoms with Crippen molar-refractivity contribution >= 4 is 72.3 Å². The molecule has 4 unspecified atom stereocenters. The summed E-state index contributed by atoms with van der Waals surface area (Å²) in [4.78, 5) is 75.0. The summed E-state index contributed by atoms with van der Waals surface area (Å²) in [6, 6.07) is 10.9. The fraction of sp³-hybridized carbons (Fsp3) is 0.241. The molecule has 2 aromatic carbocycles. The van der Waals surface area contributed by atoms with E-state index in [1.165, 1.54) is 55.5 Å².